The van der Waals surface area contributed by atoms with Gasteiger partial charge in [0.25, 0.3) is 0 Å². The summed E-state index contributed by atoms with van der Waals surface area (Å²) in [4.78, 5) is 2.27. The number of ether oxygens (including phenoxy) is 3. The maximum atomic E-state index is 11.3. The molecule has 1 unspecified atom stereocenters. The van der Waals surface area contributed by atoms with Crippen LogP contribution in [0.25, 0.3) is 0 Å². The molecule has 0 spiro atoms. The van der Waals surface area contributed by atoms with Crippen LogP contribution in [-0.2, 0) is 13.1 Å². The van der Waals surface area contributed by atoms with E-state index in [1.807, 2.05) is 68.2 Å². The predicted octanol–water partition coefficient (Wildman–Crippen LogP) is 4.96. The molecule has 2 aromatic carbocycles. The van der Waals surface area contributed by atoms with Gasteiger partial charge in [0.1, 0.15) is 24.6 Å². The predicted molar refractivity (Wildman–Crippen MR) is 141 cm³/mol. The quantitative estimate of drug-likeness (QED) is 0.413. The monoisotopic (exact) mass is 513 g/mol. The highest BCUT2D eigenvalue weighted by molar-refractivity contribution is 6.32. The highest BCUT2D eigenvalue weighted by atomic mass is 35.5. The number of methoxy groups -OCH3 is 1. The minimum Gasteiger partial charge on any atom is -0.493 e. The van der Waals surface area contributed by atoms with Crippen LogP contribution >= 0.6 is 11.6 Å². The van der Waals surface area contributed by atoms with Crippen LogP contribution in [0.5, 0.6) is 17.2 Å². The molecule has 1 aliphatic rings. The van der Waals surface area contributed by atoms with Gasteiger partial charge in [0.2, 0.25) is 0 Å². The second kappa shape index (κ2) is 11.5. The molecule has 0 radical (unpaired) electrons. The van der Waals surface area contributed by atoms with E-state index in [-0.39, 0.29) is 6.61 Å². The number of hydrogen-bond donors (Lipinski definition) is 1. The largest absolute Gasteiger partial charge is 0.493 e. The summed E-state index contributed by atoms with van der Waals surface area (Å²) >= 11 is 6.28. The summed E-state index contributed by atoms with van der Waals surface area (Å²) in [6, 6.07) is 9.85. The third kappa shape index (κ3) is 6.72. The third-order valence-corrected chi connectivity index (χ3v) is 7.12. The molecule has 1 saturated heterocycles. The van der Waals surface area contributed by atoms with Gasteiger partial charge in [-0.1, -0.05) is 17.7 Å². The minimum absolute atomic E-state index is 0.244. The number of aryl methyl sites for hydroxylation is 3. The Morgan fingerprint density at radius 2 is 1.86 bits per heavy atom. The van der Waals surface area contributed by atoms with Crippen LogP contribution in [-0.4, -0.2) is 58.8 Å². The molecular weight excluding hydrogens is 478 g/mol. The number of rotatable bonds is 10. The highest BCUT2D eigenvalue weighted by Gasteiger charge is 2.34. The SMILES string of the molecule is COc1ccc(CN2CCCC(O)(COc3cc(C)c(Cl)c(C)c3)C2)cc1OCCn1cc(C)cn1. The van der Waals surface area contributed by atoms with Crippen molar-refractivity contribution < 1.29 is 19.3 Å². The van der Waals surface area contributed by atoms with Gasteiger partial charge in [0.15, 0.2) is 11.5 Å². The molecule has 1 fully saturated rings. The van der Waals surface area contributed by atoms with Crippen molar-refractivity contribution in [1.29, 1.82) is 0 Å². The summed E-state index contributed by atoms with van der Waals surface area (Å²) in [6.07, 6.45) is 5.44. The van der Waals surface area contributed by atoms with E-state index in [9.17, 15) is 5.11 Å². The first kappa shape index (κ1) is 26.3. The molecule has 1 aromatic heterocycles. The number of nitrogens with zero attached hydrogens (tertiary/aromatic N) is 3. The van der Waals surface area contributed by atoms with E-state index in [4.69, 9.17) is 25.8 Å². The van der Waals surface area contributed by atoms with Gasteiger partial charge < -0.3 is 19.3 Å². The number of halogens is 1. The van der Waals surface area contributed by atoms with Crippen LogP contribution in [0.4, 0.5) is 0 Å². The van der Waals surface area contributed by atoms with Crippen LogP contribution in [0.15, 0.2) is 42.7 Å². The molecule has 1 atom stereocenters. The van der Waals surface area contributed by atoms with Gasteiger partial charge in [-0.3, -0.25) is 9.58 Å². The van der Waals surface area contributed by atoms with E-state index in [2.05, 4.69) is 10.00 Å². The summed E-state index contributed by atoms with van der Waals surface area (Å²) in [5.41, 5.74) is 3.27. The second-order valence-electron chi connectivity index (χ2n) is 9.81. The molecule has 0 bridgehead atoms. The fourth-order valence-electron chi connectivity index (χ4n) is 4.69. The van der Waals surface area contributed by atoms with Crippen molar-refractivity contribution in [3.63, 3.8) is 0 Å². The van der Waals surface area contributed by atoms with E-state index in [1.54, 1.807) is 7.11 Å². The lowest BCUT2D eigenvalue weighted by molar-refractivity contribution is -0.0621. The molecule has 2 heterocycles. The van der Waals surface area contributed by atoms with Crippen LogP contribution in [0.1, 0.15) is 35.1 Å². The fraction of sp³-hybridized carbons (Fsp3) is 0.464. The molecular formula is C28H36ClN3O4. The van der Waals surface area contributed by atoms with E-state index in [0.717, 1.165) is 46.0 Å². The first-order chi connectivity index (χ1) is 17.2. The van der Waals surface area contributed by atoms with Crippen LogP contribution in [0.2, 0.25) is 5.02 Å². The number of aromatic nitrogens is 2. The zero-order valence-corrected chi connectivity index (χ0v) is 22.3. The molecule has 0 aliphatic carbocycles. The molecule has 4 rings (SSSR count). The average Bonchev–Trinajstić information content (AvgIpc) is 3.26. The van der Waals surface area contributed by atoms with E-state index in [1.165, 1.54) is 0 Å². The smallest absolute Gasteiger partial charge is 0.161 e. The fourth-order valence-corrected chi connectivity index (χ4v) is 4.80. The Balaban J connectivity index is 1.35. The molecule has 1 aliphatic heterocycles. The van der Waals surface area contributed by atoms with Crippen molar-refractivity contribution >= 4 is 11.6 Å². The Kier molecular flexibility index (Phi) is 8.44. The molecule has 8 heteroatoms. The molecule has 0 amide bonds. The van der Waals surface area contributed by atoms with Gasteiger partial charge in [-0.15, -0.1) is 0 Å². The molecule has 194 valence electrons. The van der Waals surface area contributed by atoms with Gasteiger partial charge in [-0.2, -0.15) is 5.10 Å². The lowest BCUT2D eigenvalue weighted by atomic mass is 9.93. The van der Waals surface area contributed by atoms with Gasteiger partial charge in [-0.25, -0.2) is 0 Å². The molecule has 3 aromatic rings. The molecule has 36 heavy (non-hydrogen) atoms. The lowest BCUT2D eigenvalue weighted by Gasteiger charge is -2.39. The van der Waals surface area contributed by atoms with E-state index >= 15 is 0 Å². The second-order valence-corrected chi connectivity index (χ2v) is 10.2. The van der Waals surface area contributed by atoms with Gasteiger partial charge in [-0.05, 0) is 86.7 Å². The number of aliphatic hydroxyl groups is 1. The third-order valence-electron chi connectivity index (χ3n) is 6.53. The van der Waals surface area contributed by atoms with Crippen molar-refractivity contribution in [2.75, 3.05) is 33.4 Å². The van der Waals surface area contributed by atoms with Crippen molar-refractivity contribution in [3.05, 3.63) is 70.0 Å². The number of hydrogen-bond acceptors (Lipinski definition) is 6. The molecule has 0 saturated carbocycles. The topological polar surface area (TPSA) is 69.0 Å². The number of β-amino-alcohol motifs (C(OH)–C–C–N with tert-alkyl or cyclic N) is 1. The number of piperidine rings is 1. The van der Waals surface area contributed by atoms with Crippen molar-refractivity contribution in [3.8, 4) is 17.2 Å². The Hall–Kier alpha value is -2.74. The zero-order valence-electron chi connectivity index (χ0n) is 21.6. The maximum Gasteiger partial charge on any atom is 0.161 e. The Morgan fingerprint density at radius 3 is 2.56 bits per heavy atom. The summed E-state index contributed by atoms with van der Waals surface area (Å²) in [6.45, 7) is 9.51. The normalized spacial score (nSPS) is 18.3. The maximum absolute atomic E-state index is 11.3. The van der Waals surface area contributed by atoms with Crippen LogP contribution < -0.4 is 14.2 Å². The Bertz CT molecular complexity index is 1160. The van der Waals surface area contributed by atoms with Crippen molar-refractivity contribution in [1.82, 2.24) is 14.7 Å². The van der Waals surface area contributed by atoms with Crippen LogP contribution in [0, 0.1) is 20.8 Å². The van der Waals surface area contributed by atoms with Gasteiger partial charge in [0.05, 0.1) is 19.9 Å². The summed E-state index contributed by atoms with van der Waals surface area (Å²) < 4.78 is 19.4. The minimum atomic E-state index is -0.909. The van der Waals surface area contributed by atoms with E-state index in [0.29, 0.717) is 44.2 Å². The number of benzene rings is 2. The van der Waals surface area contributed by atoms with Crippen molar-refractivity contribution in [2.45, 2.75) is 52.3 Å². The van der Waals surface area contributed by atoms with Crippen LogP contribution in [0.3, 0.4) is 0 Å². The highest BCUT2D eigenvalue weighted by Crippen LogP contribution is 2.31. The zero-order chi connectivity index (χ0) is 25.7. The van der Waals surface area contributed by atoms with Crippen molar-refractivity contribution in [2.24, 2.45) is 0 Å². The summed E-state index contributed by atoms with van der Waals surface area (Å²) in [7, 11) is 1.65. The summed E-state index contributed by atoms with van der Waals surface area (Å²) in [5.74, 6) is 2.15. The van der Waals surface area contributed by atoms with Gasteiger partial charge in [0, 0.05) is 24.3 Å². The number of likely N-dealkylation sites (tertiary alicyclic amines) is 1. The Labute approximate surface area is 218 Å². The lowest BCUT2D eigenvalue weighted by Crippen LogP contribution is -2.51. The van der Waals surface area contributed by atoms with E-state index < -0.39 is 5.60 Å². The summed E-state index contributed by atoms with van der Waals surface area (Å²) in [5, 5.41) is 16.3. The first-order valence-corrected chi connectivity index (χ1v) is 12.8. The van der Waals surface area contributed by atoms with Gasteiger partial charge >= 0.3 is 0 Å². The average molecular weight is 514 g/mol. The standard InChI is InChI=1S/C28H36ClN3O4/c1-20-15-30-32(16-20)10-11-35-26-14-23(6-7-25(26)34-4)17-31-9-5-8-28(33,18-31)19-36-24-12-21(2)27(29)22(3)13-24/h6-7,12-16,33H,5,8-11,17-19H2,1-4H3. The molecule has 7 nitrogen and oxygen atoms in total. The Morgan fingerprint density at radius 1 is 1.08 bits per heavy atom. The molecule has 1 N–H and O–H groups in total. The first-order valence-electron chi connectivity index (χ1n) is 12.4.